The van der Waals surface area contributed by atoms with Gasteiger partial charge in [0.1, 0.15) is 11.6 Å². The summed E-state index contributed by atoms with van der Waals surface area (Å²) in [5.74, 6) is 0.178. The highest BCUT2D eigenvalue weighted by Crippen LogP contribution is 2.31. The van der Waals surface area contributed by atoms with Crippen LogP contribution in [0.2, 0.25) is 0 Å². The van der Waals surface area contributed by atoms with E-state index in [9.17, 15) is 9.59 Å². The molecule has 2 amide bonds. The summed E-state index contributed by atoms with van der Waals surface area (Å²) in [5.41, 5.74) is -0.292. The highest BCUT2D eigenvalue weighted by Gasteiger charge is 2.50. The lowest BCUT2D eigenvalue weighted by atomic mass is 9.90. The lowest BCUT2D eigenvalue weighted by Gasteiger charge is -2.54. The fourth-order valence-electron chi connectivity index (χ4n) is 3.17. The van der Waals surface area contributed by atoms with Gasteiger partial charge in [-0.05, 0) is 13.5 Å². The molecule has 132 valence electrons. The van der Waals surface area contributed by atoms with E-state index < -0.39 is 0 Å². The number of ether oxygens (including phenoxy) is 2. The molecule has 1 spiro atoms. The summed E-state index contributed by atoms with van der Waals surface area (Å²) >= 11 is 0. The van der Waals surface area contributed by atoms with Crippen molar-refractivity contribution < 1.29 is 19.1 Å². The summed E-state index contributed by atoms with van der Waals surface area (Å²) in [7, 11) is 3.54. The maximum Gasteiger partial charge on any atom is 0.239 e. The minimum absolute atomic E-state index is 0.0328. The SMILES string of the molecule is CCCCC(=O)N1CC2(C1)CN(C)[C@@H](C(=O)NCCOC)CO2. The molecule has 0 aliphatic carbocycles. The second-order valence-electron chi connectivity index (χ2n) is 6.56. The molecule has 0 aromatic carbocycles. The Morgan fingerprint density at radius 3 is 2.70 bits per heavy atom. The van der Waals surface area contributed by atoms with E-state index in [1.807, 2.05) is 16.8 Å². The summed E-state index contributed by atoms with van der Waals surface area (Å²) in [6.07, 6.45) is 2.59. The molecule has 2 saturated heterocycles. The Kier molecular flexibility index (Phi) is 6.38. The Labute approximate surface area is 138 Å². The Bertz CT molecular complexity index is 424. The topological polar surface area (TPSA) is 71.1 Å². The number of morpholine rings is 1. The molecule has 0 saturated carbocycles. The van der Waals surface area contributed by atoms with Crippen LogP contribution in [0.25, 0.3) is 0 Å². The third-order valence-electron chi connectivity index (χ3n) is 4.58. The number of methoxy groups -OCH3 is 1. The number of nitrogens with zero attached hydrogens (tertiary/aromatic N) is 2. The van der Waals surface area contributed by atoms with Crippen LogP contribution in [-0.4, -0.2) is 86.8 Å². The third kappa shape index (κ3) is 4.43. The van der Waals surface area contributed by atoms with Crippen molar-refractivity contribution in [1.29, 1.82) is 0 Å². The molecule has 23 heavy (non-hydrogen) atoms. The van der Waals surface area contributed by atoms with E-state index in [4.69, 9.17) is 9.47 Å². The zero-order chi connectivity index (χ0) is 16.9. The van der Waals surface area contributed by atoms with Crippen LogP contribution in [0.15, 0.2) is 0 Å². The van der Waals surface area contributed by atoms with Crippen molar-refractivity contribution in [3.63, 3.8) is 0 Å². The van der Waals surface area contributed by atoms with E-state index in [0.717, 1.165) is 12.8 Å². The van der Waals surface area contributed by atoms with Gasteiger partial charge in [-0.1, -0.05) is 13.3 Å². The van der Waals surface area contributed by atoms with E-state index >= 15 is 0 Å². The van der Waals surface area contributed by atoms with E-state index in [-0.39, 0.29) is 23.5 Å². The third-order valence-corrected chi connectivity index (χ3v) is 4.58. The van der Waals surface area contributed by atoms with Crippen molar-refractivity contribution in [2.45, 2.75) is 37.8 Å². The molecular formula is C16H29N3O4. The summed E-state index contributed by atoms with van der Waals surface area (Å²) in [5, 5.41) is 2.85. The number of likely N-dealkylation sites (N-methyl/N-ethyl adjacent to an activating group) is 1. The predicted molar refractivity (Wildman–Crippen MR) is 86.1 cm³/mol. The zero-order valence-electron chi connectivity index (χ0n) is 14.5. The monoisotopic (exact) mass is 327 g/mol. The first-order valence-electron chi connectivity index (χ1n) is 8.40. The summed E-state index contributed by atoms with van der Waals surface area (Å²) in [6.45, 7) is 5.41. The van der Waals surface area contributed by atoms with Crippen LogP contribution in [-0.2, 0) is 19.1 Å². The van der Waals surface area contributed by atoms with Crippen LogP contribution in [0, 0.1) is 0 Å². The Morgan fingerprint density at radius 1 is 1.35 bits per heavy atom. The number of carbonyl (C=O) groups excluding carboxylic acids is 2. The summed E-state index contributed by atoms with van der Waals surface area (Å²) in [6, 6.07) is -0.276. The molecule has 2 aliphatic rings. The zero-order valence-corrected chi connectivity index (χ0v) is 14.5. The number of carbonyl (C=O) groups is 2. The average Bonchev–Trinajstić information content (AvgIpc) is 2.50. The van der Waals surface area contributed by atoms with Crippen molar-refractivity contribution in [1.82, 2.24) is 15.1 Å². The van der Waals surface area contributed by atoms with Gasteiger partial charge >= 0.3 is 0 Å². The number of hydrogen-bond acceptors (Lipinski definition) is 5. The fraction of sp³-hybridized carbons (Fsp3) is 0.875. The highest BCUT2D eigenvalue weighted by molar-refractivity contribution is 5.82. The van der Waals surface area contributed by atoms with E-state index in [2.05, 4.69) is 12.2 Å². The summed E-state index contributed by atoms with van der Waals surface area (Å²) < 4.78 is 10.9. The Hall–Kier alpha value is -1.18. The number of unbranched alkanes of at least 4 members (excludes halogenated alkanes) is 1. The standard InChI is InChI=1S/C16H29N3O4/c1-4-5-6-14(20)19-11-16(12-19)10-18(2)13(9-23-16)15(21)17-7-8-22-3/h13H,4-12H2,1-3H3,(H,17,21)/t13-/m1/s1. The van der Waals surface area contributed by atoms with Crippen molar-refractivity contribution in [3.05, 3.63) is 0 Å². The lowest BCUT2D eigenvalue weighted by molar-refractivity contribution is -0.201. The molecule has 0 radical (unpaired) electrons. The average molecular weight is 327 g/mol. The first-order chi connectivity index (χ1) is 11.0. The van der Waals surface area contributed by atoms with Crippen LogP contribution < -0.4 is 5.32 Å². The molecule has 0 unspecified atom stereocenters. The van der Waals surface area contributed by atoms with Gasteiger partial charge in [-0.15, -0.1) is 0 Å². The molecule has 7 heteroatoms. The minimum atomic E-state index is -0.292. The quantitative estimate of drug-likeness (QED) is 0.659. The first kappa shape index (κ1) is 18.2. The molecule has 2 heterocycles. The van der Waals surface area contributed by atoms with E-state index in [1.165, 1.54) is 0 Å². The van der Waals surface area contributed by atoms with Crippen LogP contribution in [0.5, 0.6) is 0 Å². The van der Waals surface area contributed by atoms with Gasteiger partial charge < -0.3 is 19.7 Å². The van der Waals surface area contributed by atoms with Gasteiger partial charge in [-0.2, -0.15) is 0 Å². The number of hydrogen-bond donors (Lipinski definition) is 1. The largest absolute Gasteiger partial charge is 0.383 e. The van der Waals surface area contributed by atoms with Crippen molar-refractivity contribution in [3.8, 4) is 0 Å². The number of rotatable bonds is 7. The Balaban J connectivity index is 1.76. The minimum Gasteiger partial charge on any atom is -0.383 e. The molecule has 2 rings (SSSR count). The molecule has 0 aromatic heterocycles. The molecular weight excluding hydrogens is 298 g/mol. The molecule has 0 bridgehead atoms. The van der Waals surface area contributed by atoms with Gasteiger partial charge in [0.15, 0.2) is 0 Å². The number of likely N-dealkylation sites (tertiary alicyclic amines) is 1. The van der Waals surface area contributed by atoms with Crippen LogP contribution in [0.4, 0.5) is 0 Å². The predicted octanol–water partition coefficient (Wildman–Crippen LogP) is -0.149. The Morgan fingerprint density at radius 2 is 2.09 bits per heavy atom. The first-order valence-corrected chi connectivity index (χ1v) is 8.40. The molecule has 2 aliphatic heterocycles. The number of amides is 2. The normalized spacial score (nSPS) is 23.6. The number of nitrogens with one attached hydrogen (secondary N) is 1. The van der Waals surface area contributed by atoms with E-state index in [0.29, 0.717) is 45.8 Å². The molecule has 1 N–H and O–H groups in total. The molecule has 1 atom stereocenters. The summed E-state index contributed by atoms with van der Waals surface area (Å²) in [4.78, 5) is 28.0. The maximum atomic E-state index is 12.1. The van der Waals surface area contributed by atoms with Gasteiger partial charge in [-0.3, -0.25) is 14.5 Å². The van der Waals surface area contributed by atoms with Gasteiger partial charge in [0, 0.05) is 26.6 Å². The van der Waals surface area contributed by atoms with Crippen LogP contribution in [0.3, 0.4) is 0 Å². The van der Waals surface area contributed by atoms with Gasteiger partial charge in [0.05, 0.1) is 26.3 Å². The van der Waals surface area contributed by atoms with Crippen molar-refractivity contribution in [2.24, 2.45) is 0 Å². The highest BCUT2D eigenvalue weighted by atomic mass is 16.5. The maximum absolute atomic E-state index is 12.1. The second kappa shape index (κ2) is 8.08. The lowest BCUT2D eigenvalue weighted by Crippen LogP contribution is -2.73. The van der Waals surface area contributed by atoms with Crippen molar-refractivity contribution in [2.75, 3.05) is 53.6 Å². The smallest absolute Gasteiger partial charge is 0.239 e. The van der Waals surface area contributed by atoms with Crippen molar-refractivity contribution >= 4 is 11.8 Å². The van der Waals surface area contributed by atoms with E-state index in [1.54, 1.807) is 7.11 Å². The molecule has 2 fully saturated rings. The molecule has 7 nitrogen and oxygen atoms in total. The van der Waals surface area contributed by atoms with Gasteiger partial charge in [0.25, 0.3) is 0 Å². The van der Waals surface area contributed by atoms with Gasteiger partial charge in [-0.25, -0.2) is 0 Å². The van der Waals surface area contributed by atoms with Crippen LogP contribution >= 0.6 is 0 Å². The van der Waals surface area contributed by atoms with Crippen LogP contribution in [0.1, 0.15) is 26.2 Å². The molecule has 0 aromatic rings. The van der Waals surface area contributed by atoms with Gasteiger partial charge in [0.2, 0.25) is 11.8 Å². The second-order valence-corrected chi connectivity index (χ2v) is 6.56. The fourth-order valence-corrected chi connectivity index (χ4v) is 3.17.